The van der Waals surface area contributed by atoms with E-state index in [1.165, 1.54) is 0 Å². The Hall–Kier alpha value is -1.89. The molecule has 0 saturated heterocycles. The fourth-order valence-corrected chi connectivity index (χ4v) is 3.33. The van der Waals surface area contributed by atoms with Crippen LogP contribution in [0, 0.1) is 12.8 Å². The summed E-state index contributed by atoms with van der Waals surface area (Å²) in [5.41, 5.74) is 0.820. The number of carbonyl (C=O) groups excluding carboxylic acids is 3. The molecule has 0 aromatic carbocycles. The second kappa shape index (κ2) is 8.82. The summed E-state index contributed by atoms with van der Waals surface area (Å²) in [5.74, 6) is -1.10. The molecule has 6 nitrogen and oxygen atoms in total. The van der Waals surface area contributed by atoms with Gasteiger partial charge >= 0.3 is 5.97 Å². The van der Waals surface area contributed by atoms with Gasteiger partial charge in [-0.25, -0.2) is 4.79 Å². The second-order valence-corrected chi connectivity index (χ2v) is 6.62. The van der Waals surface area contributed by atoms with E-state index >= 15 is 0 Å². The molecule has 0 aliphatic carbocycles. The van der Waals surface area contributed by atoms with E-state index in [1.807, 2.05) is 13.8 Å². The van der Waals surface area contributed by atoms with Crippen LogP contribution in [0.25, 0.3) is 0 Å². The van der Waals surface area contributed by atoms with E-state index in [1.54, 1.807) is 32.6 Å². The zero-order chi connectivity index (χ0) is 18.4. The summed E-state index contributed by atoms with van der Waals surface area (Å²) in [6.45, 7) is 12.1. The van der Waals surface area contributed by atoms with Gasteiger partial charge in [-0.15, -0.1) is 11.3 Å². The van der Waals surface area contributed by atoms with Gasteiger partial charge < -0.3 is 15.0 Å². The normalized spacial score (nSPS) is 10.6. The summed E-state index contributed by atoms with van der Waals surface area (Å²) >= 11 is 1.13. The molecular weight excluding hydrogens is 328 g/mol. The molecule has 7 heteroatoms. The summed E-state index contributed by atoms with van der Waals surface area (Å²) in [4.78, 5) is 39.1. The first kappa shape index (κ1) is 20.2. The van der Waals surface area contributed by atoms with Gasteiger partial charge in [0.2, 0.25) is 5.91 Å². The molecule has 0 spiro atoms. The maximum Gasteiger partial charge on any atom is 0.341 e. The smallest absolute Gasteiger partial charge is 0.341 e. The first-order valence-electron chi connectivity index (χ1n) is 8.18. The van der Waals surface area contributed by atoms with Crippen LogP contribution in [-0.4, -0.2) is 42.4 Å². The Bertz CT molecular complexity index is 618. The Morgan fingerprint density at radius 3 is 2.21 bits per heavy atom. The van der Waals surface area contributed by atoms with Gasteiger partial charge in [0.25, 0.3) is 5.91 Å². The van der Waals surface area contributed by atoms with Crippen molar-refractivity contribution in [3.8, 4) is 0 Å². The number of hydrogen-bond acceptors (Lipinski definition) is 5. The summed E-state index contributed by atoms with van der Waals surface area (Å²) < 4.78 is 5.09. The number of nitrogens with one attached hydrogen (secondary N) is 1. The molecule has 0 fully saturated rings. The van der Waals surface area contributed by atoms with E-state index in [0.29, 0.717) is 28.5 Å². The minimum absolute atomic E-state index is 0.141. The SMILES string of the molecule is CCOC(=O)c1c(NC(=O)C(C)C)sc(C(=O)N(CC)CC)c1C. The molecule has 24 heavy (non-hydrogen) atoms. The fraction of sp³-hybridized carbons (Fsp3) is 0.588. The van der Waals surface area contributed by atoms with Gasteiger partial charge in [0, 0.05) is 19.0 Å². The van der Waals surface area contributed by atoms with Crippen LogP contribution in [-0.2, 0) is 9.53 Å². The van der Waals surface area contributed by atoms with Gasteiger partial charge in [0.15, 0.2) is 0 Å². The summed E-state index contributed by atoms with van der Waals surface area (Å²) in [6, 6.07) is 0. The fourth-order valence-electron chi connectivity index (χ4n) is 2.17. The average Bonchev–Trinajstić information content (AvgIpc) is 2.84. The number of rotatable bonds is 7. The molecule has 1 rings (SSSR count). The number of esters is 1. The molecule has 0 aliphatic rings. The molecule has 1 aromatic heterocycles. The number of thiophene rings is 1. The molecule has 0 unspecified atom stereocenters. The topological polar surface area (TPSA) is 75.7 Å². The minimum Gasteiger partial charge on any atom is -0.462 e. The Labute approximate surface area is 147 Å². The van der Waals surface area contributed by atoms with Crippen molar-refractivity contribution in [1.82, 2.24) is 4.90 Å². The van der Waals surface area contributed by atoms with Crippen molar-refractivity contribution >= 4 is 34.1 Å². The number of hydrogen-bond donors (Lipinski definition) is 1. The molecule has 0 atom stereocenters. The average molecular weight is 354 g/mol. The molecule has 1 N–H and O–H groups in total. The molecule has 134 valence electrons. The molecule has 0 aliphatic heterocycles. The number of ether oxygens (including phenoxy) is 1. The Morgan fingerprint density at radius 1 is 1.17 bits per heavy atom. The van der Waals surface area contributed by atoms with Gasteiger partial charge in [-0.3, -0.25) is 9.59 Å². The standard InChI is InChI=1S/C17H26N2O4S/c1-7-19(8-2)16(21)13-11(6)12(17(22)23-9-3)15(24-13)18-14(20)10(4)5/h10H,7-9H2,1-6H3,(H,18,20). The lowest BCUT2D eigenvalue weighted by molar-refractivity contribution is -0.118. The van der Waals surface area contributed by atoms with Crippen LogP contribution < -0.4 is 5.32 Å². The first-order chi connectivity index (χ1) is 11.3. The van der Waals surface area contributed by atoms with Crippen LogP contribution in [0.15, 0.2) is 0 Å². The molecule has 1 heterocycles. The molecule has 2 amide bonds. The lowest BCUT2D eigenvalue weighted by Gasteiger charge is -2.18. The number of nitrogens with zero attached hydrogens (tertiary/aromatic N) is 1. The highest BCUT2D eigenvalue weighted by atomic mass is 32.1. The monoisotopic (exact) mass is 354 g/mol. The van der Waals surface area contributed by atoms with Crippen molar-refractivity contribution in [3.63, 3.8) is 0 Å². The van der Waals surface area contributed by atoms with E-state index in [9.17, 15) is 14.4 Å². The Morgan fingerprint density at radius 2 is 1.75 bits per heavy atom. The molecule has 1 aromatic rings. The lowest BCUT2D eigenvalue weighted by Crippen LogP contribution is -2.30. The van der Waals surface area contributed by atoms with Gasteiger partial charge in [-0.2, -0.15) is 0 Å². The van der Waals surface area contributed by atoms with Crippen LogP contribution in [0.5, 0.6) is 0 Å². The Balaban J connectivity index is 3.35. The number of carbonyl (C=O) groups is 3. The maximum atomic E-state index is 12.7. The van der Waals surface area contributed by atoms with Crippen molar-refractivity contribution < 1.29 is 19.1 Å². The molecular formula is C17H26N2O4S. The van der Waals surface area contributed by atoms with Crippen LogP contribution in [0.1, 0.15) is 60.2 Å². The highest BCUT2D eigenvalue weighted by molar-refractivity contribution is 7.18. The summed E-state index contributed by atoms with van der Waals surface area (Å²) in [6.07, 6.45) is 0. The highest BCUT2D eigenvalue weighted by Gasteiger charge is 2.28. The predicted molar refractivity (Wildman–Crippen MR) is 95.7 cm³/mol. The molecule has 0 bridgehead atoms. The van der Waals surface area contributed by atoms with Crippen LogP contribution >= 0.6 is 11.3 Å². The quantitative estimate of drug-likeness (QED) is 0.762. The van der Waals surface area contributed by atoms with E-state index in [-0.39, 0.29) is 29.9 Å². The van der Waals surface area contributed by atoms with Crippen molar-refractivity contribution in [1.29, 1.82) is 0 Å². The highest BCUT2D eigenvalue weighted by Crippen LogP contribution is 2.35. The third-order valence-corrected chi connectivity index (χ3v) is 4.83. The lowest BCUT2D eigenvalue weighted by atomic mass is 10.1. The third-order valence-electron chi connectivity index (χ3n) is 3.63. The van der Waals surface area contributed by atoms with Gasteiger partial charge in [0.05, 0.1) is 17.0 Å². The van der Waals surface area contributed by atoms with Gasteiger partial charge in [-0.05, 0) is 33.3 Å². The third kappa shape index (κ3) is 4.35. The summed E-state index contributed by atoms with van der Waals surface area (Å²) in [5, 5.41) is 3.12. The predicted octanol–water partition coefficient (Wildman–Crippen LogP) is 3.31. The maximum absolute atomic E-state index is 12.7. The minimum atomic E-state index is -0.524. The van der Waals surface area contributed by atoms with Crippen molar-refractivity contribution in [2.45, 2.75) is 41.5 Å². The van der Waals surface area contributed by atoms with Crippen molar-refractivity contribution in [2.24, 2.45) is 5.92 Å². The number of amides is 2. The van der Waals surface area contributed by atoms with Crippen molar-refractivity contribution in [3.05, 3.63) is 16.0 Å². The van der Waals surface area contributed by atoms with Gasteiger partial charge in [0.1, 0.15) is 5.00 Å². The van der Waals surface area contributed by atoms with Crippen LogP contribution in [0.4, 0.5) is 5.00 Å². The second-order valence-electron chi connectivity index (χ2n) is 5.60. The first-order valence-corrected chi connectivity index (χ1v) is 9.00. The molecule has 0 radical (unpaired) electrons. The van der Waals surface area contributed by atoms with Crippen molar-refractivity contribution in [2.75, 3.05) is 25.0 Å². The largest absolute Gasteiger partial charge is 0.462 e. The zero-order valence-corrected chi connectivity index (χ0v) is 16.0. The number of anilines is 1. The van der Waals surface area contributed by atoms with E-state index in [4.69, 9.17) is 4.74 Å². The van der Waals surface area contributed by atoms with E-state index in [2.05, 4.69) is 5.32 Å². The van der Waals surface area contributed by atoms with Crippen LogP contribution in [0.2, 0.25) is 0 Å². The summed E-state index contributed by atoms with van der Waals surface area (Å²) in [7, 11) is 0. The Kier molecular flexibility index (Phi) is 7.41. The van der Waals surface area contributed by atoms with E-state index in [0.717, 1.165) is 11.3 Å². The van der Waals surface area contributed by atoms with Crippen LogP contribution in [0.3, 0.4) is 0 Å². The molecule has 0 saturated carbocycles. The zero-order valence-electron chi connectivity index (χ0n) is 15.2. The van der Waals surface area contributed by atoms with E-state index < -0.39 is 5.97 Å². The van der Waals surface area contributed by atoms with Gasteiger partial charge in [-0.1, -0.05) is 13.8 Å².